The van der Waals surface area contributed by atoms with Crippen LogP contribution in [0.1, 0.15) is 20.3 Å². The first-order valence-electron chi connectivity index (χ1n) is 9.10. The molecule has 0 fully saturated rings. The maximum atomic E-state index is 13.0. The third-order valence-corrected chi connectivity index (χ3v) is 5.17. The second kappa shape index (κ2) is 8.79. The molecule has 0 radical (unpaired) electrons. The van der Waals surface area contributed by atoms with Crippen molar-refractivity contribution in [3.63, 3.8) is 0 Å². The number of rotatable bonds is 7. The number of hydrogen-bond acceptors (Lipinski definition) is 5. The first-order valence-corrected chi connectivity index (χ1v) is 9.98. The summed E-state index contributed by atoms with van der Waals surface area (Å²) in [6.07, 6.45) is 2.19. The maximum Gasteiger partial charge on any atom is 0.263 e. The number of fused-ring (bicyclic) bond motifs is 1. The Bertz CT molecular complexity index is 1040. The molecule has 2 N–H and O–H groups in total. The van der Waals surface area contributed by atoms with Crippen LogP contribution in [0.3, 0.4) is 0 Å². The van der Waals surface area contributed by atoms with Crippen LogP contribution in [0.15, 0.2) is 46.8 Å². The summed E-state index contributed by atoms with van der Waals surface area (Å²) in [5.41, 5.74) is 1.46. The van der Waals surface area contributed by atoms with Gasteiger partial charge in [0.05, 0.1) is 11.7 Å². The van der Waals surface area contributed by atoms with E-state index in [2.05, 4.69) is 15.6 Å². The van der Waals surface area contributed by atoms with E-state index >= 15 is 0 Å². The molecule has 2 aromatic heterocycles. The van der Waals surface area contributed by atoms with Crippen molar-refractivity contribution in [2.75, 3.05) is 6.54 Å². The number of carbonyl (C=O) groups is 2. The molecule has 1 aromatic carbocycles. The molecule has 2 amide bonds. The highest BCUT2D eigenvalue weighted by Gasteiger charge is 2.17. The SMILES string of the molecule is CCCNC(=O)[C@H](C)NC(=O)Cn1cnc2scc(-c3ccccc3)c2c1=O. The summed E-state index contributed by atoms with van der Waals surface area (Å²) < 4.78 is 1.27. The molecule has 0 bridgehead atoms. The average molecular weight is 398 g/mol. The van der Waals surface area contributed by atoms with Gasteiger partial charge in [0, 0.05) is 17.5 Å². The molecule has 8 heteroatoms. The monoisotopic (exact) mass is 398 g/mol. The van der Waals surface area contributed by atoms with Gasteiger partial charge in [-0.3, -0.25) is 19.0 Å². The predicted molar refractivity (Wildman–Crippen MR) is 110 cm³/mol. The van der Waals surface area contributed by atoms with Crippen molar-refractivity contribution in [1.82, 2.24) is 20.2 Å². The van der Waals surface area contributed by atoms with Crippen LogP contribution >= 0.6 is 11.3 Å². The fourth-order valence-electron chi connectivity index (χ4n) is 2.82. The molecule has 2 heterocycles. The molecule has 146 valence electrons. The van der Waals surface area contributed by atoms with Gasteiger partial charge in [-0.1, -0.05) is 37.3 Å². The Morgan fingerprint density at radius 3 is 2.71 bits per heavy atom. The van der Waals surface area contributed by atoms with E-state index in [1.165, 1.54) is 22.2 Å². The molecule has 0 aliphatic carbocycles. The van der Waals surface area contributed by atoms with Gasteiger partial charge < -0.3 is 10.6 Å². The number of carbonyl (C=O) groups excluding carboxylic acids is 2. The lowest BCUT2D eigenvalue weighted by molar-refractivity contribution is -0.128. The number of aromatic nitrogens is 2. The van der Waals surface area contributed by atoms with Gasteiger partial charge in [0.25, 0.3) is 5.56 Å². The summed E-state index contributed by atoms with van der Waals surface area (Å²) in [5.74, 6) is -0.667. The van der Waals surface area contributed by atoms with E-state index in [4.69, 9.17) is 0 Å². The summed E-state index contributed by atoms with van der Waals surface area (Å²) in [6.45, 7) is 3.92. The van der Waals surface area contributed by atoms with Crippen LogP contribution in [0.5, 0.6) is 0 Å². The van der Waals surface area contributed by atoms with Gasteiger partial charge in [-0.15, -0.1) is 11.3 Å². The van der Waals surface area contributed by atoms with E-state index in [1.807, 2.05) is 42.6 Å². The topological polar surface area (TPSA) is 93.1 Å². The van der Waals surface area contributed by atoms with Crippen LogP contribution in [0, 0.1) is 0 Å². The predicted octanol–water partition coefficient (Wildman–Crippen LogP) is 2.16. The highest BCUT2D eigenvalue weighted by molar-refractivity contribution is 7.17. The van der Waals surface area contributed by atoms with Gasteiger partial charge in [-0.25, -0.2) is 4.98 Å². The molecule has 7 nitrogen and oxygen atoms in total. The normalized spacial score (nSPS) is 11.9. The Morgan fingerprint density at radius 1 is 1.25 bits per heavy atom. The van der Waals surface area contributed by atoms with Crippen LogP contribution in [0.4, 0.5) is 0 Å². The van der Waals surface area contributed by atoms with Crippen molar-refractivity contribution < 1.29 is 9.59 Å². The maximum absolute atomic E-state index is 13.0. The standard InChI is InChI=1S/C20H22N4O3S/c1-3-9-21-18(26)13(2)23-16(25)10-24-12-22-19-17(20(24)27)15(11-28-19)14-7-5-4-6-8-14/h4-8,11-13H,3,9-10H2,1-2H3,(H,21,26)(H,23,25)/t13-/m0/s1. The van der Waals surface area contributed by atoms with Crippen molar-refractivity contribution in [1.29, 1.82) is 0 Å². The largest absolute Gasteiger partial charge is 0.354 e. The Hall–Kier alpha value is -3.00. The molecule has 0 aliphatic rings. The fraction of sp³-hybridized carbons (Fsp3) is 0.300. The lowest BCUT2D eigenvalue weighted by Crippen LogP contribution is -2.46. The summed E-state index contributed by atoms with van der Waals surface area (Å²) in [5, 5.41) is 7.74. The summed E-state index contributed by atoms with van der Waals surface area (Å²) in [4.78, 5) is 42.1. The highest BCUT2D eigenvalue weighted by atomic mass is 32.1. The second-order valence-electron chi connectivity index (χ2n) is 6.45. The summed E-state index contributed by atoms with van der Waals surface area (Å²) >= 11 is 1.39. The van der Waals surface area contributed by atoms with E-state index in [-0.39, 0.29) is 18.0 Å². The first kappa shape index (κ1) is 19.8. The number of nitrogens with one attached hydrogen (secondary N) is 2. The van der Waals surface area contributed by atoms with Gasteiger partial charge in [-0.05, 0) is 18.9 Å². The molecule has 0 aliphatic heterocycles. The summed E-state index contributed by atoms with van der Waals surface area (Å²) in [7, 11) is 0. The van der Waals surface area contributed by atoms with Crippen molar-refractivity contribution in [2.24, 2.45) is 0 Å². The van der Waals surface area contributed by atoms with Gasteiger partial charge in [0.15, 0.2) is 0 Å². The third-order valence-electron chi connectivity index (χ3n) is 4.28. The quantitative estimate of drug-likeness (QED) is 0.638. The average Bonchev–Trinajstić information content (AvgIpc) is 3.13. The zero-order chi connectivity index (χ0) is 20.1. The zero-order valence-corrected chi connectivity index (χ0v) is 16.6. The van der Waals surface area contributed by atoms with Crippen LogP contribution in [-0.2, 0) is 16.1 Å². The molecule has 3 aromatic rings. The van der Waals surface area contributed by atoms with Crippen molar-refractivity contribution in [2.45, 2.75) is 32.9 Å². The number of thiophene rings is 1. The molecule has 0 spiro atoms. The van der Waals surface area contributed by atoms with Gasteiger partial charge in [0.1, 0.15) is 17.4 Å². The van der Waals surface area contributed by atoms with E-state index < -0.39 is 11.9 Å². The van der Waals surface area contributed by atoms with Gasteiger partial charge in [0.2, 0.25) is 11.8 Å². The molecule has 3 rings (SSSR count). The van der Waals surface area contributed by atoms with Crippen molar-refractivity contribution in [3.05, 3.63) is 52.4 Å². The number of amides is 2. The zero-order valence-electron chi connectivity index (χ0n) is 15.8. The molecule has 28 heavy (non-hydrogen) atoms. The second-order valence-corrected chi connectivity index (χ2v) is 7.31. The van der Waals surface area contributed by atoms with Crippen molar-refractivity contribution >= 4 is 33.4 Å². The number of benzene rings is 1. The minimum absolute atomic E-state index is 0.197. The Labute approximate surface area is 166 Å². The highest BCUT2D eigenvalue weighted by Crippen LogP contribution is 2.30. The number of nitrogens with zero attached hydrogens (tertiary/aromatic N) is 2. The van der Waals surface area contributed by atoms with Crippen LogP contribution in [0.2, 0.25) is 0 Å². The van der Waals surface area contributed by atoms with E-state index in [0.29, 0.717) is 16.8 Å². The molecular weight excluding hydrogens is 376 g/mol. The summed E-state index contributed by atoms with van der Waals surface area (Å²) in [6, 6.07) is 8.92. The first-order chi connectivity index (χ1) is 13.5. The van der Waals surface area contributed by atoms with Crippen LogP contribution < -0.4 is 16.2 Å². The smallest absolute Gasteiger partial charge is 0.263 e. The van der Waals surface area contributed by atoms with Crippen LogP contribution in [-0.4, -0.2) is 34.0 Å². The third kappa shape index (κ3) is 4.28. The minimum atomic E-state index is -0.674. The molecule has 0 unspecified atom stereocenters. The van der Waals surface area contributed by atoms with Crippen LogP contribution in [0.25, 0.3) is 21.3 Å². The lowest BCUT2D eigenvalue weighted by atomic mass is 10.1. The van der Waals surface area contributed by atoms with Gasteiger partial charge in [-0.2, -0.15) is 0 Å². The minimum Gasteiger partial charge on any atom is -0.354 e. The Morgan fingerprint density at radius 2 is 2.00 bits per heavy atom. The molecule has 0 saturated carbocycles. The molecule has 0 saturated heterocycles. The number of hydrogen-bond donors (Lipinski definition) is 2. The Balaban J connectivity index is 1.81. The molecule has 1 atom stereocenters. The van der Waals surface area contributed by atoms with Gasteiger partial charge >= 0.3 is 0 Å². The Kier molecular flexibility index (Phi) is 6.20. The van der Waals surface area contributed by atoms with E-state index in [9.17, 15) is 14.4 Å². The fourth-order valence-corrected chi connectivity index (χ4v) is 3.73. The van der Waals surface area contributed by atoms with E-state index in [0.717, 1.165) is 17.5 Å². The lowest BCUT2D eigenvalue weighted by Gasteiger charge is -2.14. The van der Waals surface area contributed by atoms with E-state index in [1.54, 1.807) is 6.92 Å². The molecular formula is C20H22N4O3S. The van der Waals surface area contributed by atoms with Crippen molar-refractivity contribution in [3.8, 4) is 11.1 Å².